The molecule has 0 N–H and O–H groups in total. The van der Waals surface area contributed by atoms with Gasteiger partial charge in [0.1, 0.15) is 5.78 Å². The monoisotopic (exact) mass is 190 g/mol. The second-order valence-electron chi connectivity index (χ2n) is 2.46. The summed E-state index contributed by atoms with van der Waals surface area (Å²) in [6.45, 7) is 3.40. The first-order valence-electron chi connectivity index (χ1n) is 3.92. The van der Waals surface area contributed by atoms with Gasteiger partial charge in [0.15, 0.2) is 0 Å². The Balaban J connectivity index is 3.50. The van der Waals surface area contributed by atoms with Gasteiger partial charge in [0.25, 0.3) is 0 Å². The van der Waals surface area contributed by atoms with Gasteiger partial charge in [-0.3, -0.25) is 9.59 Å². The average molecular weight is 190 g/mol. The standard InChI is InChI=1S/C8H14O3S/c1-3-7(10)8(12)4-5-11-6(2)9/h8,12H,3-5H2,1-2H3/t8-/m0/s1. The van der Waals surface area contributed by atoms with Crippen LogP contribution in [0.15, 0.2) is 0 Å². The van der Waals surface area contributed by atoms with Crippen molar-refractivity contribution in [1.29, 1.82) is 0 Å². The van der Waals surface area contributed by atoms with Crippen LogP contribution in [0.5, 0.6) is 0 Å². The van der Waals surface area contributed by atoms with E-state index in [0.717, 1.165) is 0 Å². The van der Waals surface area contributed by atoms with Crippen molar-refractivity contribution >= 4 is 24.4 Å². The molecule has 0 saturated heterocycles. The molecule has 0 amide bonds. The minimum absolute atomic E-state index is 0.0884. The number of hydrogen-bond acceptors (Lipinski definition) is 4. The lowest BCUT2D eigenvalue weighted by Gasteiger charge is -2.07. The van der Waals surface area contributed by atoms with Crippen LogP contribution in [0.1, 0.15) is 26.7 Å². The van der Waals surface area contributed by atoms with Crippen molar-refractivity contribution in [1.82, 2.24) is 0 Å². The summed E-state index contributed by atoms with van der Waals surface area (Å²) in [5, 5.41) is -0.297. The Morgan fingerprint density at radius 1 is 1.50 bits per heavy atom. The predicted molar refractivity (Wildman–Crippen MR) is 49.3 cm³/mol. The van der Waals surface area contributed by atoms with Crippen molar-refractivity contribution in [3.63, 3.8) is 0 Å². The molecule has 0 fully saturated rings. The van der Waals surface area contributed by atoms with Crippen molar-refractivity contribution in [2.75, 3.05) is 6.61 Å². The number of hydrogen-bond donors (Lipinski definition) is 1. The van der Waals surface area contributed by atoms with Crippen LogP contribution >= 0.6 is 12.6 Å². The summed E-state index contributed by atoms with van der Waals surface area (Å²) < 4.78 is 4.67. The van der Waals surface area contributed by atoms with E-state index in [2.05, 4.69) is 17.4 Å². The fraction of sp³-hybridized carbons (Fsp3) is 0.750. The minimum atomic E-state index is -0.320. The number of carbonyl (C=O) groups excluding carboxylic acids is 2. The van der Waals surface area contributed by atoms with E-state index in [4.69, 9.17) is 0 Å². The van der Waals surface area contributed by atoms with Crippen molar-refractivity contribution in [3.05, 3.63) is 0 Å². The highest BCUT2D eigenvalue weighted by Crippen LogP contribution is 2.05. The molecule has 3 nitrogen and oxygen atoms in total. The highest BCUT2D eigenvalue weighted by atomic mass is 32.1. The molecule has 12 heavy (non-hydrogen) atoms. The van der Waals surface area contributed by atoms with Gasteiger partial charge >= 0.3 is 5.97 Å². The molecule has 0 aliphatic heterocycles. The Labute approximate surface area is 77.9 Å². The smallest absolute Gasteiger partial charge is 0.302 e. The lowest BCUT2D eigenvalue weighted by Crippen LogP contribution is -2.16. The van der Waals surface area contributed by atoms with Gasteiger partial charge in [-0.05, 0) is 0 Å². The number of esters is 1. The number of rotatable bonds is 5. The van der Waals surface area contributed by atoms with E-state index in [-0.39, 0.29) is 23.6 Å². The topological polar surface area (TPSA) is 43.4 Å². The van der Waals surface area contributed by atoms with Crippen LogP contribution < -0.4 is 0 Å². The first-order valence-corrected chi connectivity index (χ1v) is 4.43. The van der Waals surface area contributed by atoms with Gasteiger partial charge in [-0.15, -0.1) is 0 Å². The molecule has 0 aromatic rings. The van der Waals surface area contributed by atoms with Crippen LogP contribution in [0.2, 0.25) is 0 Å². The third kappa shape index (κ3) is 5.18. The van der Waals surface area contributed by atoms with E-state index in [1.54, 1.807) is 6.92 Å². The normalized spacial score (nSPS) is 12.2. The summed E-state index contributed by atoms with van der Waals surface area (Å²) >= 11 is 4.07. The molecule has 70 valence electrons. The lowest BCUT2D eigenvalue weighted by molar-refractivity contribution is -0.141. The largest absolute Gasteiger partial charge is 0.466 e. The van der Waals surface area contributed by atoms with E-state index in [9.17, 15) is 9.59 Å². The summed E-state index contributed by atoms with van der Waals surface area (Å²) in [7, 11) is 0. The molecule has 0 aliphatic rings. The molecule has 0 aromatic carbocycles. The van der Waals surface area contributed by atoms with Crippen molar-refractivity contribution in [2.24, 2.45) is 0 Å². The van der Waals surface area contributed by atoms with E-state index in [1.165, 1.54) is 6.92 Å². The second-order valence-corrected chi connectivity index (χ2v) is 3.09. The minimum Gasteiger partial charge on any atom is -0.466 e. The summed E-state index contributed by atoms with van der Waals surface area (Å²) in [6.07, 6.45) is 0.976. The Morgan fingerprint density at radius 3 is 2.50 bits per heavy atom. The summed E-state index contributed by atoms with van der Waals surface area (Å²) in [4.78, 5) is 21.3. The fourth-order valence-corrected chi connectivity index (χ4v) is 0.999. The zero-order valence-corrected chi connectivity index (χ0v) is 8.27. The maximum absolute atomic E-state index is 11.0. The molecular formula is C8H14O3S. The number of ether oxygens (including phenoxy) is 1. The maximum atomic E-state index is 11.0. The maximum Gasteiger partial charge on any atom is 0.302 e. The molecule has 0 saturated carbocycles. The Morgan fingerprint density at radius 2 is 2.08 bits per heavy atom. The lowest BCUT2D eigenvalue weighted by atomic mass is 10.2. The first kappa shape index (κ1) is 11.5. The molecule has 1 atom stereocenters. The number of thiol groups is 1. The van der Waals surface area contributed by atoms with Crippen LogP contribution in [0, 0.1) is 0 Å². The van der Waals surface area contributed by atoms with E-state index in [1.807, 2.05) is 0 Å². The van der Waals surface area contributed by atoms with Crippen LogP contribution in [-0.2, 0) is 14.3 Å². The third-order valence-corrected chi connectivity index (χ3v) is 1.96. The Kier molecular flexibility index (Phi) is 5.80. The van der Waals surface area contributed by atoms with Crippen LogP contribution in [0.25, 0.3) is 0 Å². The van der Waals surface area contributed by atoms with Gasteiger partial charge in [-0.25, -0.2) is 0 Å². The molecular weight excluding hydrogens is 176 g/mol. The predicted octanol–water partition coefficient (Wildman–Crippen LogP) is 1.22. The summed E-state index contributed by atoms with van der Waals surface area (Å²) in [6, 6.07) is 0. The van der Waals surface area contributed by atoms with Gasteiger partial charge in [0, 0.05) is 19.8 Å². The Bertz CT molecular complexity index is 168. The number of carbonyl (C=O) groups is 2. The van der Waals surface area contributed by atoms with E-state index < -0.39 is 0 Å². The quantitative estimate of drug-likeness (QED) is 0.523. The number of ketones is 1. The zero-order valence-electron chi connectivity index (χ0n) is 7.37. The van der Waals surface area contributed by atoms with Crippen molar-refractivity contribution in [2.45, 2.75) is 31.9 Å². The van der Waals surface area contributed by atoms with Crippen molar-refractivity contribution < 1.29 is 14.3 Å². The van der Waals surface area contributed by atoms with Crippen LogP contribution in [-0.4, -0.2) is 23.6 Å². The third-order valence-electron chi connectivity index (χ3n) is 1.42. The van der Waals surface area contributed by atoms with Crippen molar-refractivity contribution in [3.8, 4) is 0 Å². The van der Waals surface area contributed by atoms with Gasteiger partial charge in [-0.2, -0.15) is 12.6 Å². The van der Waals surface area contributed by atoms with E-state index in [0.29, 0.717) is 12.8 Å². The van der Waals surface area contributed by atoms with E-state index >= 15 is 0 Å². The number of Topliss-reactive ketones (excluding diaryl/α,β-unsaturated/α-hetero) is 1. The molecule has 0 unspecified atom stereocenters. The van der Waals surface area contributed by atoms with Crippen LogP contribution in [0.4, 0.5) is 0 Å². The van der Waals surface area contributed by atoms with Gasteiger partial charge in [-0.1, -0.05) is 6.92 Å². The first-order chi connectivity index (χ1) is 5.57. The molecule has 0 aromatic heterocycles. The van der Waals surface area contributed by atoms with Gasteiger partial charge < -0.3 is 4.74 Å². The van der Waals surface area contributed by atoms with Gasteiger partial charge in [0.05, 0.1) is 11.9 Å². The second kappa shape index (κ2) is 6.06. The molecule has 0 radical (unpaired) electrons. The zero-order chi connectivity index (χ0) is 9.56. The summed E-state index contributed by atoms with van der Waals surface area (Å²) in [5.74, 6) is -0.232. The Hall–Kier alpha value is -0.510. The molecule has 4 heteroatoms. The molecule has 0 bridgehead atoms. The summed E-state index contributed by atoms with van der Waals surface area (Å²) in [5.41, 5.74) is 0. The van der Waals surface area contributed by atoms with Crippen LogP contribution in [0.3, 0.4) is 0 Å². The fourth-order valence-electron chi connectivity index (χ4n) is 0.711. The SMILES string of the molecule is CCC(=O)[C@@H](S)CCOC(C)=O. The average Bonchev–Trinajstić information content (AvgIpc) is 2.02. The molecule has 0 spiro atoms. The molecule has 0 aliphatic carbocycles. The van der Waals surface area contributed by atoms with Gasteiger partial charge in [0.2, 0.25) is 0 Å². The molecule has 0 rings (SSSR count). The highest BCUT2D eigenvalue weighted by molar-refractivity contribution is 7.81. The highest BCUT2D eigenvalue weighted by Gasteiger charge is 2.11. The molecule has 0 heterocycles.